The molecular weight excluding hydrogens is 240 g/mol. The first-order chi connectivity index (χ1) is 8.88. The molecule has 0 radical (unpaired) electrons. The number of carbonyl (C=O) groups excluding carboxylic acids is 1. The quantitative estimate of drug-likeness (QED) is 0.844. The van der Waals surface area contributed by atoms with Gasteiger partial charge in [0.05, 0.1) is 19.6 Å². The molecule has 102 valence electrons. The Labute approximate surface area is 114 Å². The fourth-order valence-corrected chi connectivity index (χ4v) is 1.84. The summed E-state index contributed by atoms with van der Waals surface area (Å²) < 4.78 is 5.35. The van der Waals surface area contributed by atoms with Crippen LogP contribution < -0.4 is 10.1 Å². The molecule has 0 saturated heterocycles. The molecule has 0 aliphatic carbocycles. The zero-order valence-electron chi connectivity index (χ0n) is 11.9. The van der Waals surface area contributed by atoms with E-state index in [0.29, 0.717) is 0 Å². The van der Waals surface area contributed by atoms with Crippen molar-refractivity contribution in [3.63, 3.8) is 0 Å². The summed E-state index contributed by atoms with van der Waals surface area (Å²) in [6.07, 6.45) is 0.273. The molecule has 0 fully saturated rings. The summed E-state index contributed by atoms with van der Waals surface area (Å²) in [6.45, 7) is 6.35. The van der Waals surface area contributed by atoms with E-state index in [2.05, 4.69) is 26.1 Å². The largest absolute Gasteiger partial charge is 0.496 e. The lowest BCUT2D eigenvalue weighted by molar-refractivity contribution is -0.120. The van der Waals surface area contributed by atoms with Gasteiger partial charge in [0.2, 0.25) is 5.91 Å². The molecular formula is C15H20N2O2. The van der Waals surface area contributed by atoms with Crippen LogP contribution in [0.3, 0.4) is 0 Å². The summed E-state index contributed by atoms with van der Waals surface area (Å²) in [6, 6.07) is 7.63. The number of rotatable bonds is 4. The van der Waals surface area contributed by atoms with Gasteiger partial charge in [-0.05, 0) is 22.6 Å². The number of nitrogens with one attached hydrogen (secondary N) is 1. The second-order valence-electron chi connectivity index (χ2n) is 5.40. The van der Waals surface area contributed by atoms with E-state index in [4.69, 9.17) is 10.00 Å². The highest BCUT2D eigenvalue weighted by molar-refractivity contribution is 5.78. The van der Waals surface area contributed by atoms with Crippen molar-refractivity contribution in [2.75, 3.05) is 13.7 Å². The standard InChI is InChI=1S/C15H20N2O2/c1-15(2,3)12-9-11(5-6-13(12)19-4)10-14(18)17-8-7-16/h5-6,9H,8,10H2,1-4H3,(H,17,18). The van der Waals surface area contributed by atoms with Crippen LogP contribution in [0.1, 0.15) is 31.9 Å². The Morgan fingerprint density at radius 2 is 2.11 bits per heavy atom. The molecule has 0 aliphatic heterocycles. The van der Waals surface area contributed by atoms with Crippen LogP contribution in [-0.4, -0.2) is 19.6 Å². The number of ether oxygens (including phenoxy) is 1. The fourth-order valence-electron chi connectivity index (χ4n) is 1.84. The van der Waals surface area contributed by atoms with Crippen molar-refractivity contribution in [3.8, 4) is 11.8 Å². The Morgan fingerprint density at radius 3 is 2.63 bits per heavy atom. The van der Waals surface area contributed by atoms with Crippen molar-refractivity contribution in [2.24, 2.45) is 0 Å². The topological polar surface area (TPSA) is 62.1 Å². The Bertz CT molecular complexity index is 496. The van der Waals surface area contributed by atoms with Gasteiger partial charge in [-0.2, -0.15) is 5.26 Å². The molecule has 0 saturated carbocycles. The number of nitrogens with zero attached hydrogens (tertiary/aromatic N) is 1. The summed E-state index contributed by atoms with van der Waals surface area (Å²) in [5.41, 5.74) is 1.94. The Hall–Kier alpha value is -2.02. The average molecular weight is 260 g/mol. The summed E-state index contributed by atoms with van der Waals surface area (Å²) in [5.74, 6) is 0.681. The van der Waals surface area contributed by atoms with Crippen LogP contribution in [-0.2, 0) is 16.6 Å². The van der Waals surface area contributed by atoms with Crippen molar-refractivity contribution in [1.82, 2.24) is 5.32 Å². The maximum Gasteiger partial charge on any atom is 0.225 e. The van der Waals surface area contributed by atoms with Gasteiger partial charge in [0.1, 0.15) is 12.3 Å². The van der Waals surface area contributed by atoms with Crippen LogP contribution in [0.25, 0.3) is 0 Å². The molecule has 4 heteroatoms. The third-order valence-electron chi connectivity index (χ3n) is 2.80. The average Bonchev–Trinajstić information content (AvgIpc) is 2.35. The first kappa shape index (κ1) is 15.0. The molecule has 19 heavy (non-hydrogen) atoms. The lowest BCUT2D eigenvalue weighted by Crippen LogP contribution is -2.25. The van der Waals surface area contributed by atoms with Crippen LogP contribution in [0.4, 0.5) is 0 Å². The second-order valence-corrected chi connectivity index (χ2v) is 5.40. The van der Waals surface area contributed by atoms with Crippen LogP contribution in [0.5, 0.6) is 5.75 Å². The summed E-state index contributed by atoms with van der Waals surface area (Å²) in [4.78, 5) is 11.6. The molecule has 0 spiro atoms. The Kier molecular flexibility index (Phi) is 4.94. The van der Waals surface area contributed by atoms with E-state index < -0.39 is 0 Å². The third-order valence-corrected chi connectivity index (χ3v) is 2.80. The van der Waals surface area contributed by atoms with Gasteiger partial charge in [0.25, 0.3) is 0 Å². The normalized spacial score (nSPS) is 10.7. The highest BCUT2D eigenvalue weighted by Crippen LogP contribution is 2.32. The number of hydrogen-bond donors (Lipinski definition) is 1. The van der Waals surface area contributed by atoms with Crippen molar-refractivity contribution in [3.05, 3.63) is 29.3 Å². The summed E-state index contributed by atoms with van der Waals surface area (Å²) in [5, 5.41) is 11.0. The summed E-state index contributed by atoms with van der Waals surface area (Å²) >= 11 is 0. The first-order valence-corrected chi connectivity index (χ1v) is 6.19. The molecule has 0 unspecified atom stereocenters. The smallest absolute Gasteiger partial charge is 0.225 e. The Morgan fingerprint density at radius 1 is 1.42 bits per heavy atom. The molecule has 0 atom stereocenters. The lowest BCUT2D eigenvalue weighted by Gasteiger charge is -2.22. The van der Waals surface area contributed by atoms with E-state index in [-0.39, 0.29) is 24.3 Å². The maximum atomic E-state index is 11.6. The van der Waals surface area contributed by atoms with Gasteiger partial charge >= 0.3 is 0 Å². The zero-order valence-corrected chi connectivity index (χ0v) is 11.9. The van der Waals surface area contributed by atoms with Crippen LogP contribution >= 0.6 is 0 Å². The molecule has 4 nitrogen and oxygen atoms in total. The highest BCUT2D eigenvalue weighted by Gasteiger charge is 2.19. The van der Waals surface area contributed by atoms with Gasteiger partial charge in [0.15, 0.2) is 0 Å². The molecule has 0 bridgehead atoms. The minimum absolute atomic E-state index is 0.0428. The van der Waals surface area contributed by atoms with Crippen LogP contribution in [0.15, 0.2) is 18.2 Å². The maximum absolute atomic E-state index is 11.6. The summed E-state index contributed by atoms with van der Waals surface area (Å²) in [7, 11) is 1.64. The van der Waals surface area contributed by atoms with E-state index in [1.165, 1.54) is 0 Å². The molecule has 1 aromatic carbocycles. The molecule has 1 aromatic rings. The van der Waals surface area contributed by atoms with Crippen LogP contribution in [0, 0.1) is 11.3 Å². The monoisotopic (exact) mass is 260 g/mol. The molecule has 1 rings (SSSR count). The second kappa shape index (κ2) is 6.24. The minimum atomic E-state index is -0.147. The van der Waals surface area contributed by atoms with E-state index in [9.17, 15) is 4.79 Å². The predicted molar refractivity (Wildman–Crippen MR) is 74.0 cm³/mol. The number of carbonyl (C=O) groups is 1. The van der Waals surface area contributed by atoms with Crippen molar-refractivity contribution < 1.29 is 9.53 Å². The number of benzene rings is 1. The first-order valence-electron chi connectivity index (χ1n) is 6.19. The fraction of sp³-hybridized carbons (Fsp3) is 0.467. The van der Waals surface area contributed by atoms with Gasteiger partial charge in [0, 0.05) is 0 Å². The lowest BCUT2D eigenvalue weighted by atomic mass is 9.85. The predicted octanol–water partition coefficient (Wildman–Crippen LogP) is 2.17. The Balaban J connectivity index is 2.93. The van der Waals surface area contributed by atoms with E-state index in [1.807, 2.05) is 24.3 Å². The third kappa shape index (κ3) is 4.29. The van der Waals surface area contributed by atoms with E-state index in [1.54, 1.807) is 7.11 Å². The van der Waals surface area contributed by atoms with Gasteiger partial charge in [-0.25, -0.2) is 0 Å². The van der Waals surface area contributed by atoms with Crippen LogP contribution in [0.2, 0.25) is 0 Å². The van der Waals surface area contributed by atoms with Gasteiger partial charge in [-0.15, -0.1) is 0 Å². The van der Waals surface area contributed by atoms with Crippen molar-refractivity contribution >= 4 is 5.91 Å². The highest BCUT2D eigenvalue weighted by atomic mass is 16.5. The number of nitriles is 1. The molecule has 0 aromatic heterocycles. The minimum Gasteiger partial charge on any atom is -0.496 e. The number of hydrogen-bond acceptors (Lipinski definition) is 3. The molecule has 0 heterocycles. The SMILES string of the molecule is COc1ccc(CC(=O)NCC#N)cc1C(C)(C)C. The zero-order chi connectivity index (χ0) is 14.5. The van der Waals surface area contributed by atoms with Crippen molar-refractivity contribution in [1.29, 1.82) is 5.26 Å². The van der Waals surface area contributed by atoms with Crippen molar-refractivity contribution in [2.45, 2.75) is 32.6 Å². The molecule has 1 amide bonds. The van der Waals surface area contributed by atoms with E-state index in [0.717, 1.165) is 16.9 Å². The van der Waals surface area contributed by atoms with Gasteiger partial charge in [-0.3, -0.25) is 4.79 Å². The number of amides is 1. The van der Waals surface area contributed by atoms with E-state index >= 15 is 0 Å². The van der Waals surface area contributed by atoms with Gasteiger partial charge < -0.3 is 10.1 Å². The van der Waals surface area contributed by atoms with Gasteiger partial charge in [-0.1, -0.05) is 32.9 Å². The number of methoxy groups -OCH3 is 1. The molecule has 1 N–H and O–H groups in total. The molecule has 0 aliphatic rings.